The number of hydrogen-bond acceptors (Lipinski definition) is 0. The first kappa shape index (κ1) is 17.7. The minimum absolute atomic E-state index is 1.17. The Labute approximate surface area is 181 Å². The van der Waals surface area contributed by atoms with Crippen molar-refractivity contribution in [3.8, 4) is 33.4 Å². The normalized spacial score (nSPS) is 11.2. The van der Waals surface area contributed by atoms with E-state index in [1.54, 1.807) is 0 Å². The summed E-state index contributed by atoms with van der Waals surface area (Å²) < 4.78 is 0. The fraction of sp³-hybridized carbons (Fsp3) is 0. The van der Waals surface area contributed by atoms with E-state index in [0.29, 0.717) is 0 Å². The quantitative estimate of drug-likeness (QED) is 0.310. The average Bonchev–Trinajstić information content (AvgIpc) is 3.23. The third-order valence-corrected chi connectivity index (χ3v) is 6.05. The van der Waals surface area contributed by atoms with E-state index in [0.717, 1.165) is 0 Å². The van der Waals surface area contributed by atoms with Crippen LogP contribution in [0.25, 0.3) is 55.2 Å². The molecule has 0 bridgehead atoms. The van der Waals surface area contributed by atoms with Gasteiger partial charge in [-0.15, -0.1) is 0 Å². The predicted octanol–water partition coefficient (Wildman–Crippen LogP) is 8.32. The van der Waals surface area contributed by atoms with Crippen LogP contribution in [-0.2, 0) is 0 Å². The van der Waals surface area contributed by atoms with Gasteiger partial charge in [0.15, 0.2) is 0 Å². The van der Waals surface area contributed by atoms with Crippen molar-refractivity contribution >= 4 is 21.8 Å². The minimum Gasteiger partial charge on any atom is -0.354 e. The van der Waals surface area contributed by atoms with Gasteiger partial charge in [0, 0.05) is 21.9 Å². The number of nitrogens with one attached hydrogen (secondary N) is 1. The maximum Gasteiger partial charge on any atom is 0.0550 e. The monoisotopic (exact) mass is 395 g/mol. The van der Waals surface area contributed by atoms with Crippen molar-refractivity contribution in [2.75, 3.05) is 0 Å². The maximum atomic E-state index is 3.69. The van der Waals surface area contributed by atoms with Gasteiger partial charge in [0.2, 0.25) is 0 Å². The van der Waals surface area contributed by atoms with E-state index >= 15 is 0 Å². The van der Waals surface area contributed by atoms with Gasteiger partial charge < -0.3 is 4.98 Å². The van der Waals surface area contributed by atoms with E-state index in [2.05, 4.69) is 126 Å². The number of hydrogen-bond donors (Lipinski definition) is 1. The van der Waals surface area contributed by atoms with Crippen molar-refractivity contribution in [3.63, 3.8) is 0 Å². The second-order valence-electron chi connectivity index (χ2n) is 7.89. The summed E-state index contributed by atoms with van der Waals surface area (Å²) in [5, 5.41) is 2.53. The Morgan fingerprint density at radius 2 is 0.968 bits per heavy atom. The van der Waals surface area contributed by atoms with E-state index in [4.69, 9.17) is 0 Å². The molecule has 0 fully saturated rings. The summed E-state index contributed by atoms with van der Waals surface area (Å²) in [4.78, 5) is 3.69. The number of rotatable bonds is 3. The zero-order valence-electron chi connectivity index (χ0n) is 17.0. The highest BCUT2D eigenvalue weighted by Crippen LogP contribution is 2.40. The van der Waals surface area contributed by atoms with Gasteiger partial charge >= 0.3 is 0 Å². The van der Waals surface area contributed by atoms with Gasteiger partial charge in [0.05, 0.1) is 5.52 Å². The third-order valence-electron chi connectivity index (χ3n) is 6.05. The van der Waals surface area contributed by atoms with E-state index in [9.17, 15) is 0 Å². The Morgan fingerprint density at radius 1 is 0.387 bits per heavy atom. The lowest BCUT2D eigenvalue weighted by Crippen LogP contribution is -1.88. The van der Waals surface area contributed by atoms with Gasteiger partial charge in [-0.1, -0.05) is 115 Å². The van der Waals surface area contributed by atoms with E-state index in [1.807, 2.05) is 0 Å². The number of benzene rings is 5. The van der Waals surface area contributed by atoms with Crippen LogP contribution in [0.3, 0.4) is 0 Å². The van der Waals surface area contributed by atoms with Gasteiger partial charge in [-0.2, -0.15) is 0 Å². The van der Waals surface area contributed by atoms with Crippen LogP contribution in [0.5, 0.6) is 0 Å². The summed E-state index contributed by atoms with van der Waals surface area (Å²) >= 11 is 0. The number of aromatic amines is 1. The molecule has 1 N–H and O–H groups in total. The van der Waals surface area contributed by atoms with Crippen molar-refractivity contribution in [1.82, 2.24) is 4.98 Å². The zero-order chi connectivity index (χ0) is 20.6. The molecule has 31 heavy (non-hydrogen) atoms. The molecule has 1 aromatic heterocycles. The summed E-state index contributed by atoms with van der Waals surface area (Å²) in [6.45, 7) is 0. The fourth-order valence-corrected chi connectivity index (χ4v) is 4.54. The molecule has 0 atom stereocenters. The molecule has 0 saturated carbocycles. The largest absolute Gasteiger partial charge is 0.354 e. The molecule has 0 unspecified atom stereocenters. The number of aromatic nitrogens is 1. The Morgan fingerprint density at radius 3 is 1.71 bits per heavy atom. The summed E-state index contributed by atoms with van der Waals surface area (Å²) in [6.07, 6.45) is 0. The third kappa shape index (κ3) is 3.03. The zero-order valence-corrected chi connectivity index (χ0v) is 17.0. The van der Waals surface area contributed by atoms with Crippen LogP contribution < -0.4 is 0 Å². The molecule has 1 heteroatoms. The van der Waals surface area contributed by atoms with Crippen molar-refractivity contribution < 1.29 is 0 Å². The molecule has 0 saturated heterocycles. The van der Waals surface area contributed by atoms with Gasteiger partial charge in [0.25, 0.3) is 0 Å². The van der Waals surface area contributed by atoms with E-state index < -0.39 is 0 Å². The lowest BCUT2D eigenvalue weighted by Gasteiger charge is -2.13. The first-order chi connectivity index (χ1) is 15.4. The number of fused-ring (bicyclic) bond motifs is 3. The summed E-state index contributed by atoms with van der Waals surface area (Å²) in [7, 11) is 0. The first-order valence-electron chi connectivity index (χ1n) is 10.6. The molecule has 0 radical (unpaired) electrons. The summed E-state index contributed by atoms with van der Waals surface area (Å²) in [5.41, 5.74) is 9.77. The summed E-state index contributed by atoms with van der Waals surface area (Å²) in [6, 6.07) is 43.2. The predicted molar refractivity (Wildman–Crippen MR) is 132 cm³/mol. The van der Waals surface area contributed by atoms with Crippen LogP contribution in [0.2, 0.25) is 0 Å². The van der Waals surface area contributed by atoms with Gasteiger partial charge in [-0.25, -0.2) is 0 Å². The van der Waals surface area contributed by atoms with E-state index in [1.165, 1.54) is 55.2 Å². The molecular formula is C30H21N. The minimum atomic E-state index is 1.17. The SMILES string of the molecule is c1ccc(-c2ccc(-c3ccc4c([nH]c5ccccc54)c3-c3ccccc3)cc2)cc1. The van der Waals surface area contributed by atoms with Crippen LogP contribution in [0.15, 0.2) is 121 Å². The first-order valence-corrected chi connectivity index (χ1v) is 10.6. The smallest absolute Gasteiger partial charge is 0.0550 e. The molecule has 0 aliphatic rings. The molecule has 0 aliphatic carbocycles. The van der Waals surface area contributed by atoms with Crippen LogP contribution in [0, 0.1) is 0 Å². The highest BCUT2D eigenvalue weighted by Gasteiger charge is 2.15. The molecular weight excluding hydrogens is 374 g/mol. The lowest BCUT2D eigenvalue weighted by atomic mass is 9.91. The Bertz CT molecular complexity index is 1490. The molecule has 1 heterocycles. The molecule has 0 spiro atoms. The van der Waals surface area contributed by atoms with Gasteiger partial charge in [-0.3, -0.25) is 0 Å². The number of H-pyrrole nitrogens is 1. The molecule has 6 rings (SSSR count). The second kappa shape index (κ2) is 7.30. The highest BCUT2D eigenvalue weighted by atomic mass is 14.7. The average molecular weight is 396 g/mol. The van der Waals surface area contributed by atoms with E-state index in [-0.39, 0.29) is 0 Å². The molecule has 6 aromatic rings. The molecule has 5 aromatic carbocycles. The van der Waals surface area contributed by atoms with Crippen LogP contribution in [-0.4, -0.2) is 4.98 Å². The second-order valence-corrected chi connectivity index (χ2v) is 7.89. The standard InChI is InChI=1S/C30H21N/c1-3-9-21(10-4-1)22-15-17-23(18-16-22)25-19-20-27-26-13-7-8-14-28(26)31-30(27)29(25)24-11-5-2-6-12-24/h1-20,31H. The van der Waals surface area contributed by atoms with Crippen molar-refractivity contribution in [3.05, 3.63) is 121 Å². The Kier molecular flexibility index (Phi) is 4.18. The molecule has 146 valence electrons. The maximum absolute atomic E-state index is 3.69. The lowest BCUT2D eigenvalue weighted by molar-refractivity contribution is 1.52. The fourth-order valence-electron chi connectivity index (χ4n) is 4.54. The van der Waals surface area contributed by atoms with Crippen molar-refractivity contribution in [1.29, 1.82) is 0 Å². The van der Waals surface area contributed by atoms with Crippen LogP contribution in [0.1, 0.15) is 0 Å². The van der Waals surface area contributed by atoms with Crippen molar-refractivity contribution in [2.45, 2.75) is 0 Å². The Balaban J connectivity index is 1.59. The molecule has 0 aliphatic heterocycles. The Hall–Kier alpha value is -4.10. The van der Waals surface area contributed by atoms with Crippen molar-refractivity contribution in [2.24, 2.45) is 0 Å². The highest BCUT2D eigenvalue weighted by molar-refractivity contribution is 6.14. The molecule has 0 amide bonds. The van der Waals surface area contributed by atoms with Gasteiger partial charge in [0.1, 0.15) is 0 Å². The molecule has 1 nitrogen and oxygen atoms in total. The topological polar surface area (TPSA) is 15.8 Å². The van der Waals surface area contributed by atoms with Crippen LogP contribution >= 0.6 is 0 Å². The summed E-state index contributed by atoms with van der Waals surface area (Å²) in [5.74, 6) is 0. The number of para-hydroxylation sites is 1. The van der Waals surface area contributed by atoms with Crippen LogP contribution in [0.4, 0.5) is 0 Å². The van der Waals surface area contributed by atoms with Gasteiger partial charge in [-0.05, 0) is 33.9 Å².